The molecule has 0 saturated carbocycles. The number of unbranched alkanes of at least 4 members (excludes halogenated alkanes) is 37. The summed E-state index contributed by atoms with van der Waals surface area (Å²) in [7, 11) is 0. The fraction of sp³-hybridized carbons (Fsp3) is 0.873. The van der Waals surface area contributed by atoms with E-state index in [4.69, 9.17) is 18.9 Å². The van der Waals surface area contributed by atoms with Crippen LogP contribution in [-0.4, -0.2) is 140 Å². The van der Waals surface area contributed by atoms with Crippen LogP contribution in [0.3, 0.4) is 0 Å². The zero-order valence-electron chi connectivity index (χ0n) is 54.1. The summed E-state index contributed by atoms with van der Waals surface area (Å²) in [6.45, 7) is 2.79. The van der Waals surface area contributed by atoms with Crippen LogP contribution in [0.4, 0.5) is 0 Å². The number of aliphatic hydroxyl groups excluding tert-OH is 8. The fourth-order valence-electron chi connectivity index (χ4n) is 11.7. The van der Waals surface area contributed by atoms with Gasteiger partial charge in [-0.2, -0.15) is 0 Å². The number of amides is 1. The molecule has 12 atom stereocenters. The summed E-state index contributed by atoms with van der Waals surface area (Å²) < 4.78 is 22.9. The summed E-state index contributed by atoms with van der Waals surface area (Å²) in [6, 6.07) is -0.834. The van der Waals surface area contributed by atoms with Crippen LogP contribution in [0.1, 0.15) is 303 Å². The minimum atomic E-state index is -1.78. The van der Waals surface area contributed by atoms with Crippen LogP contribution >= 0.6 is 0 Å². The van der Waals surface area contributed by atoms with Gasteiger partial charge in [0.15, 0.2) is 12.6 Å². The fourth-order valence-corrected chi connectivity index (χ4v) is 11.7. The van der Waals surface area contributed by atoms with Crippen molar-refractivity contribution in [2.24, 2.45) is 0 Å². The summed E-state index contributed by atoms with van der Waals surface area (Å²) >= 11 is 0. The lowest BCUT2D eigenvalue weighted by molar-refractivity contribution is -0.359. The zero-order valence-corrected chi connectivity index (χ0v) is 54.1. The van der Waals surface area contributed by atoms with Crippen molar-refractivity contribution in [1.29, 1.82) is 0 Å². The van der Waals surface area contributed by atoms with Crippen LogP contribution in [0.15, 0.2) is 48.6 Å². The number of hydrogen-bond acceptors (Lipinski definition) is 13. The second-order valence-electron chi connectivity index (χ2n) is 25.0. The largest absolute Gasteiger partial charge is 0.394 e. The van der Waals surface area contributed by atoms with Gasteiger partial charge in [-0.1, -0.05) is 294 Å². The number of ether oxygens (including phenoxy) is 4. The SMILES string of the molecule is CC/C=C\C/C=C\C/C=C\C/C=C\CCCCCCCCCCCCC(=O)NC(COC1OC(CO)C(OC2OC(CO)C(O)C(O)C2O)C(O)C1O)C(O)CCCCCCCCCCCCCCCCCCCCCCCCCCCCCC. The van der Waals surface area contributed by atoms with Crippen LogP contribution in [-0.2, 0) is 23.7 Å². The molecule has 14 heteroatoms. The summed E-state index contributed by atoms with van der Waals surface area (Å²) in [6.07, 6.45) is 55.5. The first-order chi connectivity index (χ1) is 41.6. The van der Waals surface area contributed by atoms with Crippen molar-refractivity contribution in [3.05, 3.63) is 48.6 Å². The van der Waals surface area contributed by atoms with Crippen molar-refractivity contribution >= 4 is 5.91 Å². The Bertz CT molecular complexity index is 1610. The Labute approximate surface area is 518 Å². The van der Waals surface area contributed by atoms with Gasteiger partial charge in [0.25, 0.3) is 0 Å². The van der Waals surface area contributed by atoms with E-state index in [2.05, 4.69) is 67.8 Å². The van der Waals surface area contributed by atoms with Gasteiger partial charge >= 0.3 is 0 Å². The van der Waals surface area contributed by atoms with E-state index in [1.165, 1.54) is 193 Å². The maximum atomic E-state index is 13.4. The maximum absolute atomic E-state index is 13.4. The van der Waals surface area contributed by atoms with Crippen molar-refractivity contribution in [2.75, 3.05) is 19.8 Å². The summed E-state index contributed by atoms with van der Waals surface area (Å²) in [5.41, 5.74) is 0. The van der Waals surface area contributed by atoms with Gasteiger partial charge in [-0.3, -0.25) is 4.79 Å². The molecule has 0 aromatic heterocycles. The molecule has 2 rings (SSSR count). The highest BCUT2D eigenvalue weighted by molar-refractivity contribution is 5.76. The quantitative estimate of drug-likeness (QED) is 0.0204. The highest BCUT2D eigenvalue weighted by atomic mass is 16.7. The number of aliphatic hydroxyl groups is 8. The minimum absolute atomic E-state index is 0.209. The summed E-state index contributed by atoms with van der Waals surface area (Å²) in [5, 5.41) is 87.6. The van der Waals surface area contributed by atoms with Crippen molar-refractivity contribution in [3.63, 3.8) is 0 Å². The Morgan fingerprint density at radius 2 is 0.812 bits per heavy atom. The first-order valence-electron chi connectivity index (χ1n) is 35.4. The topological polar surface area (TPSA) is 228 Å². The van der Waals surface area contributed by atoms with Gasteiger partial charge in [-0.25, -0.2) is 0 Å². The van der Waals surface area contributed by atoms with Crippen LogP contribution < -0.4 is 5.32 Å². The Hall–Kier alpha value is -2.05. The molecule has 0 bridgehead atoms. The molecule has 0 spiro atoms. The molecule has 0 aliphatic carbocycles. The molecular formula is C71H131NO13. The molecule has 1 amide bonds. The number of nitrogens with one attached hydrogen (secondary N) is 1. The van der Waals surface area contributed by atoms with Gasteiger partial charge in [0.1, 0.15) is 48.8 Å². The molecule has 2 fully saturated rings. The van der Waals surface area contributed by atoms with E-state index in [-0.39, 0.29) is 12.5 Å². The van der Waals surface area contributed by atoms with E-state index in [0.29, 0.717) is 12.8 Å². The monoisotopic (exact) mass is 1210 g/mol. The molecule has 2 saturated heterocycles. The lowest BCUT2D eigenvalue weighted by Gasteiger charge is -2.46. The second kappa shape index (κ2) is 56.0. The third-order valence-electron chi connectivity index (χ3n) is 17.3. The Morgan fingerprint density at radius 1 is 0.435 bits per heavy atom. The average molecular weight is 1210 g/mol. The van der Waals surface area contributed by atoms with Gasteiger partial charge in [0.05, 0.1) is 32.0 Å². The van der Waals surface area contributed by atoms with E-state index >= 15 is 0 Å². The van der Waals surface area contributed by atoms with E-state index in [1.54, 1.807) is 0 Å². The molecular weight excluding hydrogens is 1070 g/mol. The number of carbonyl (C=O) groups excluding carboxylic acids is 1. The standard InChI is InChI=1S/C71H131NO13/c1-3-5-7-9-11-13-15-17-19-21-23-25-27-28-29-30-31-33-34-36-38-40-42-44-46-48-50-52-54-60(75)59(58-82-70-68(81)66(79)69(62(57-74)84-70)85-71-67(80)65(78)64(77)61(56-73)83-71)72-63(76)55-53-51-49-47-45-43-41-39-37-35-32-26-24-22-20-18-16-14-12-10-8-6-4-2/h6,8,12,14,18,20,24,26,59-62,64-71,73-75,77-81H,3-5,7,9-11,13,15-17,19,21-23,25,27-58H2,1-2H3,(H,72,76)/b8-6-,14-12-,20-18-,26-24-. The van der Waals surface area contributed by atoms with Crippen LogP contribution in [0.25, 0.3) is 0 Å². The number of rotatable bonds is 58. The summed E-state index contributed by atoms with van der Waals surface area (Å²) in [5.74, 6) is -0.209. The highest BCUT2D eigenvalue weighted by Crippen LogP contribution is 2.30. The average Bonchev–Trinajstić information content (AvgIpc) is 3.68. The molecule has 0 aromatic rings. The lowest BCUT2D eigenvalue weighted by atomic mass is 9.97. The predicted octanol–water partition coefficient (Wildman–Crippen LogP) is 14.3. The molecule has 9 N–H and O–H groups in total. The third-order valence-corrected chi connectivity index (χ3v) is 17.3. The third kappa shape index (κ3) is 40.3. The van der Waals surface area contributed by atoms with Gasteiger partial charge < -0.3 is 65.1 Å². The Morgan fingerprint density at radius 3 is 1.25 bits per heavy atom. The first kappa shape index (κ1) is 79.0. The predicted molar refractivity (Wildman–Crippen MR) is 346 cm³/mol. The molecule has 12 unspecified atom stereocenters. The van der Waals surface area contributed by atoms with Gasteiger partial charge in [0, 0.05) is 6.42 Å². The molecule has 2 aliphatic rings. The first-order valence-corrected chi connectivity index (χ1v) is 35.4. The van der Waals surface area contributed by atoms with Crippen molar-refractivity contribution in [2.45, 2.75) is 376 Å². The number of carbonyl (C=O) groups is 1. The van der Waals surface area contributed by atoms with Crippen molar-refractivity contribution < 1.29 is 64.6 Å². The molecule has 2 heterocycles. The highest BCUT2D eigenvalue weighted by Gasteiger charge is 2.51. The summed E-state index contributed by atoms with van der Waals surface area (Å²) in [4.78, 5) is 13.4. The maximum Gasteiger partial charge on any atom is 0.220 e. The van der Waals surface area contributed by atoms with Crippen molar-refractivity contribution in [1.82, 2.24) is 5.32 Å². The van der Waals surface area contributed by atoms with E-state index < -0.39 is 86.8 Å². The number of hydrogen-bond donors (Lipinski definition) is 9. The van der Waals surface area contributed by atoms with Gasteiger partial charge in [0.2, 0.25) is 5.91 Å². The lowest BCUT2D eigenvalue weighted by Crippen LogP contribution is -2.65. The van der Waals surface area contributed by atoms with Gasteiger partial charge in [-0.05, 0) is 51.4 Å². The van der Waals surface area contributed by atoms with E-state index in [1.807, 2.05) is 0 Å². The molecule has 2 aliphatic heterocycles. The smallest absolute Gasteiger partial charge is 0.220 e. The van der Waals surface area contributed by atoms with Crippen LogP contribution in [0, 0.1) is 0 Å². The van der Waals surface area contributed by atoms with Crippen molar-refractivity contribution in [3.8, 4) is 0 Å². The Kier molecular flexibility index (Phi) is 52.1. The van der Waals surface area contributed by atoms with Gasteiger partial charge in [-0.15, -0.1) is 0 Å². The normalized spacial score (nSPS) is 23.8. The van der Waals surface area contributed by atoms with E-state index in [9.17, 15) is 45.6 Å². The second-order valence-corrected chi connectivity index (χ2v) is 25.0. The van der Waals surface area contributed by atoms with Crippen LogP contribution in [0.2, 0.25) is 0 Å². The Balaban J connectivity index is 1.67. The molecule has 498 valence electrons. The zero-order chi connectivity index (χ0) is 61.6. The molecule has 14 nitrogen and oxygen atoms in total. The molecule has 85 heavy (non-hydrogen) atoms. The number of allylic oxidation sites excluding steroid dienone is 8. The van der Waals surface area contributed by atoms with Crippen LogP contribution in [0.5, 0.6) is 0 Å². The molecule has 0 radical (unpaired) electrons. The van der Waals surface area contributed by atoms with E-state index in [0.717, 1.165) is 83.5 Å². The minimum Gasteiger partial charge on any atom is -0.394 e. The molecule has 0 aromatic carbocycles.